The van der Waals surface area contributed by atoms with Crippen LogP contribution in [0.3, 0.4) is 0 Å². The molecule has 70 heavy (non-hydrogen) atoms. The number of aryl methyl sites for hydroxylation is 2. The van der Waals surface area contributed by atoms with Crippen molar-refractivity contribution in [1.29, 1.82) is 0 Å². The quantitative estimate of drug-likeness (QED) is 0.0430. The van der Waals surface area contributed by atoms with Gasteiger partial charge in [0.1, 0.15) is 0 Å². The third-order valence-electron chi connectivity index (χ3n) is 9.82. The first-order chi connectivity index (χ1) is 32.8. The van der Waals surface area contributed by atoms with Gasteiger partial charge in [-0.25, -0.2) is 0 Å². The highest BCUT2D eigenvalue weighted by molar-refractivity contribution is 6.35. The number of halogens is 10. The fraction of sp³-hybridized carbons (Fsp3) is 0.217. The van der Waals surface area contributed by atoms with Gasteiger partial charge in [-0.1, -0.05) is 72.4 Å². The molecule has 0 saturated carbocycles. The minimum absolute atomic E-state index is 0.0459. The Hall–Kier alpha value is -6.74. The first-order valence-corrected chi connectivity index (χ1v) is 21.9. The maximum absolute atomic E-state index is 13.7. The number of alkyl halides is 6. The second kappa shape index (κ2) is 22.8. The predicted molar refractivity (Wildman–Crippen MR) is 252 cm³/mol. The Kier molecular flexibility index (Phi) is 17.6. The van der Waals surface area contributed by atoms with Crippen molar-refractivity contribution in [2.75, 3.05) is 21.3 Å². The van der Waals surface area contributed by atoms with E-state index in [1.165, 1.54) is 36.4 Å². The normalized spacial score (nSPS) is 12.7. The van der Waals surface area contributed by atoms with E-state index in [0.717, 1.165) is 62.4 Å². The minimum Gasteiger partial charge on any atom is -0.324 e. The molecule has 0 spiro atoms. The van der Waals surface area contributed by atoms with E-state index in [1.807, 2.05) is 0 Å². The summed E-state index contributed by atoms with van der Waals surface area (Å²) in [6.45, 7) is 5.65. The molecule has 5 aromatic carbocycles. The molecule has 24 heteroatoms. The topological polar surface area (TPSA) is 200 Å². The molecule has 0 aliphatic rings. The number of ketones is 2. The maximum Gasteiger partial charge on any atom is 0.417 e. The number of hydrogen-bond donors (Lipinski definition) is 4. The van der Waals surface area contributed by atoms with Crippen LogP contribution in [0, 0.1) is 0 Å². The van der Waals surface area contributed by atoms with Crippen LogP contribution in [-0.4, -0.2) is 47.3 Å². The Bertz CT molecular complexity index is 2940. The SMILES string of the molecule is CCc1cc(NC(=O)C(N=Nc2cc(Cl)cc(C(=O)Nc3cccc(C(F)(F)F)c3Cl)c2)C(C)=O)cc(CC)c1NC(=O)C(N=Nc1cc(Cl)cc(C(=O)Nc2cccc(C(F)(F)F)c2Cl)c1)C(C)=O. The highest BCUT2D eigenvalue weighted by atomic mass is 35.5. The third-order valence-corrected chi connectivity index (χ3v) is 11.1. The van der Waals surface area contributed by atoms with Gasteiger partial charge in [0.2, 0.25) is 12.1 Å². The molecule has 0 aliphatic carbocycles. The molecule has 366 valence electrons. The van der Waals surface area contributed by atoms with Crippen molar-refractivity contribution >= 4 is 116 Å². The molecule has 0 heterocycles. The number of amides is 4. The number of nitrogens with one attached hydrogen (secondary N) is 4. The van der Waals surface area contributed by atoms with Crippen molar-refractivity contribution in [1.82, 2.24) is 0 Å². The monoisotopic (exact) mass is 1050 g/mol. The van der Waals surface area contributed by atoms with Gasteiger partial charge in [-0.05, 0) is 111 Å². The molecule has 0 aromatic heterocycles. The number of carbonyl (C=O) groups excluding carboxylic acids is 6. The van der Waals surface area contributed by atoms with Crippen LogP contribution >= 0.6 is 46.4 Å². The van der Waals surface area contributed by atoms with Gasteiger partial charge < -0.3 is 21.3 Å². The Morgan fingerprint density at radius 3 is 1.29 bits per heavy atom. The van der Waals surface area contributed by atoms with Crippen LogP contribution in [0.15, 0.2) is 105 Å². The average molecular weight is 1050 g/mol. The van der Waals surface area contributed by atoms with Crippen LogP contribution in [0.4, 0.5) is 60.5 Å². The molecule has 4 N–H and O–H groups in total. The molecule has 0 aliphatic heterocycles. The summed E-state index contributed by atoms with van der Waals surface area (Å²) in [6.07, 6.45) is -9.03. The van der Waals surface area contributed by atoms with Crippen molar-refractivity contribution < 1.29 is 55.1 Å². The highest BCUT2D eigenvalue weighted by Gasteiger charge is 2.35. The summed E-state index contributed by atoms with van der Waals surface area (Å²) in [4.78, 5) is 78.7. The number of Topliss-reactive ketones (excluding diaryl/α,β-unsaturated/α-hetero) is 2. The van der Waals surface area contributed by atoms with Gasteiger partial charge in [0, 0.05) is 32.5 Å². The van der Waals surface area contributed by atoms with E-state index in [4.69, 9.17) is 46.4 Å². The van der Waals surface area contributed by atoms with Gasteiger partial charge in [0.25, 0.3) is 23.6 Å². The zero-order valence-electron chi connectivity index (χ0n) is 36.7. The molecule has 0 saturated heterocycles. The lowest BCUT2D eigenvalue weighted by Crippen LogP contribution is -2.33. The average Bonchev–Trinajstić information content (AvgIpc) is 3.26. The van der Waals surface area contributed by atoms with E-state index in [0.29, 0.717) is 11.1 Å². The minimum atomic E-state index is -4.79. The molecule has 0 bridgehead atoms. The molecule has 5 aromatic rings. The van der Waals surface area contributed by atoms with Gasteiger partial charge in [0.15, 0.2) is 11.6 Å². The zero-order valence-corrected chi connectivity index (χ0v) is 39.7. The summed E-state index contributed by atoms with van der Waals surface area (Å²) in [5, 5.41) is 24.0. The lowest BCUT2D eigenvalue weighted by molar-refractivity contribution is -0.138. The van der Waals surface area contributed by atoms with Crippen LogP contribution in [0.25, 0.3) is 0 Å². The maximum atomic E-state index is 13.7. The summed E-state index contributed by atoms with van der Waals surface area (Å²) in [6, 6.07) is 12.7. The van der Waals surface area contributed by atoms with Crippen LogP contribution in [0.5, 0.6) is 0 Å². The first kappa shape index (κ1) is 54.2. The number of rotatable bonds is 16. The fourth-order valence-corrected chi connectivity index (χ4v) is 7.47. The Balaban J connectivity index is 1.31. The number of anilines is 4. The number of hydrogen-bond acceptors (Lipinski definition) is 10. The summed E-state index contributed by atoms with van der Waals surface area (Å²) >= 11 is 24.2. The lowest BCUT2D eigenvalue weighted by atomic mass is 10.0. The number of azo groups is 2. The van der Waals surface area contributed by atoms with Gasteiger partial charge in [-0.15, -0.1) is 0 Å². The molecule has 0 fully saturated rings. The van der Waals surface area contributed by atoms with Crippen molar-refractivity contribution in [3.05, 3.63) is 138 Å². The van der Waals surface area contributed by atoms with Crippen LogP contribution in [-0.2, 0) is 44.4 Å². The third kappa shape index (κ3) is 13.7. The molecule has 2 atom stereocenters. The predicted octanol–water partition coefficient (Wildman–Crippen LogP) is 13.3. The smallest absolute Gasteiger partial charge is 0.324 e. The van der Waals surface area contributed by atoms with Crippen molar-refractivity contribution in [3.8, 4) is 0 Å². The van der Waals surface area contributed by atoms with Gasteiger partial charge in [-0.3, -0.25) is 28.8 Å². The molecule has 14 nitrogen and oxygen atoms in total. The van der Waals surface area contributed by atoms with Crippen LogP contribution in [0.1, 0.15) is 70.7 Å². The molecular formula is C46H36Cl4F6N8O6. The Morgan fingerprint density at radius 2 is 0.929 bits per heavy atom. The summed E-state index contributed by atoms with van der Waals surface area (Å²) in [7, 11) is 0. The van der Waals surface area contributed by atoms with E-state index in [1.54, 1.807) is 13.8 Å². The number of benzene rings is 5. The summed E-state index contributed by atoms with van der Waals surface area (Å²) in [5.74, 6) is -5.13. The van der Waals surface area contributed by atoms with Gasteiger partial charge >= 0.3 is 12.4 Å². The van der Waals surface area contributed by atoms with Gasteiger partial charge in [0.05, 0.1) is 43.9 Å². The van der Waals surface area contributed by atoms with Crippen molar-refractivity contribution in [2.24, 2.45) is 20.5 Å². The van der Waals surface area contributed by atoms with Gasteiger partial charge in [-0.2, -0.15) is 46.8 Å². The van der Waals surface area contributed by atoms with Crippen LogP contribution in [0.2, 0.25) is 20.1 Å². The molecule has 5 rings (SSSR count). The van der Waals surface area contributed by atoms with E-state index < -0.39 is 80.8 Å². The standard InChI is InChI=1S/C46H36Cl4F6N8O6/c1-5-23-15-29(57-43(69)38(21(3)65)63-61-30-17-25(13-27(47)19-30)41(67)58-34-11-7-9-32(36(34)49)45(51,52)53)16-24(6-2)40(23)60-44(70)39(22(4)66)64-62-31-18-26(14-28(48)20-31)42(68)59-35-12-8-10-33(37(35)50)46(54,55)56/h7-20,38-39H,5-6H2,1-4H3,(H,57,69)(H,58,67)(H,59,68)(H,60,70). The van der Waals surface area contributed by atoms with E-state index in [2.05, 4.69) is 41.7 Å². The Morgan fingerprint density at radius 1 is 0.543 bits per heavy atom. The molecule has 2 unspecified atom stereocenters. The second-order valence-corrected chi connectivity index (χ2v) is 16.6. The fourth-order valence-electron chi connectivity index (χ4n) is 6.46. The number of nitrogens with zero attached hydrogens (tertiary/aromatic N) is 4. The van der Waals surface area contributed by atoms with E-state index in [9.17, 15) is 55.1 Å². The summed E-state index contributed by atoms with van der Waals surface area (Å²) < 4.78 is 80.2. The van der Waals surface area contributed by atoms with E-state index in [-0.39, 0.29) is 68.1 Å². The zero-order chi connectivity index (χ0) is 51.8. The molecule has 0 radical (unpaired) electrons. The Labute approximate surface area is 414 Å². The number of carbonyl (C=O) groups is 6. The highest BCUT2D eigenvalue weighted by Crippen LogP contribution is 2.40. The second-order valence-electron chi connectivity index (χ2n) is 14.9. The van der Waals surface area contributed by atoms with Crippen LogP contribution < -0.4 is 21.3 Å². The first-order valence-electron chi connectivity index (χ1n) is 20.4. The van der Waals surface area contributed by atoms with Crippen molar-refractivity contribution in [2.45, 2.75) is 65.0 Å². The summed E-state index contributed by atoms with van der Waals surface area (Å²) in [5.41, 5.74) is -2.12. The largest absolute Gasteiger partial charge is 0.417 e. The molecular weight excluding hydrogens is 1020 g/mol. The van der Waals surface area contributed by atoms with Crippen molar-refractivity contribution in [3.63, 3.8) is 0 Å². The van der Waals surface area contributed by atoms with E-state index >= 15 is 0 Å². The lowest BCUT2D eigenvalue weighted by Gasteiger charge is -2.19. The molecule has 4 amide bonds.